The van der Waals surface area contributed by atoms with Crippen LogP contribution in [0, 0.1) is 0 Å². The minimum atomic E-state index is -0.126. The fourth-order valence-electron chi connectivity index (χ4n) is 3.57. The van der Waals surface area contributed by atoms with E-state index in [2.05, 4.69) is 10.2 Å². The first-order valence-corrected chi connectivity index (χ1v) is 10.2. The number of carbonyl (C=O) groups excluding carboxylic acids is 2. The van der Waals surface area contributed by atoms with Gasteiger partial charge in [0.05, 0.1) is 12.3 Å². The van der Waals surface area contributed by atoms with Crippen molar-refractivity contribution < 1.29 is 14.3 Å². The molecule has 1 N–H and O–H groups in total. The van der Waals surface area contributed by atoms with Crippen LogP contribution in [0.25, 0.3) is 0 Å². The molecule has 2 aromatic carbocycles. The van der Waals surface area contributed by atoms with Gasteiger partial charge in [-0.15, -0.1) is 0 Å². The molecule has 0 saturated carbocycles. The summed E-state index contributed by atoms with van der Waals surface area (Å²) in [5.41, 5.74) is 2.64. The Kier molecular flexibility index (Phi) is 7.11. The van der Waals surface area contributed by atoms with Crippen molar-refractivity contribution in [3.8, 4) is 5.75 Å². The minimum absolute atomic E-state index is 0.125. The van der Waals surface area contributed by atoms with Crippen molar-refractivity contribution >= 4 is 28.9 Å². The predicted octanol–water partition coefficient (Wildman–Crippen LogP) is 4.07. The first kappa shape index (κ1) is 20.7. The SMILES string of the molecule is CCOc1ccccc1N(CCC(=O)Nc1ccc(N2CCCC2)cc1)C(C)=O. The number of amides is 2. The zero-order chi connectivity index (χ0) is 20.6. The summed E-state index contributed by atoms with van der Waals surface area (Å²) in [6.07, 6.45) is 2.67. The number of ether oxygens (including phenoxy) is 1. The molecule has 29 heavy (non-hydrogen) atoms. The molecule has 1 aliphatic heterocycles. The van der Waals surface area contributed by atoms with E-state index < -0.39 is 0 Å². The Labute approximate surface area is 172 Å². The van der Waals surface area contributed by atoms with Crippen LogP contribution in [0.4, 0.5) is 17.1 Å². The lowest BCUT2D eigenvalue weighted by Crippen LogP contribution is -2.32. The molecular weight excluding hydrogens is 366 g/mol. The summed E-state index contributed by atoms with van der Waals surface area (Å²) in [4.78, 5) is 28.5. The van der Waals surface area contributed by atoms with E-state index >= 15 is 0 Å². The number of benzene rings is 2. The molecule has 0 spiro atoms. The van der Waals surface area contributed by atoms with Gasteiger partial charge in [0.15, 0.2) is 0 Å². The van der Waals surface area contributed by atoms with E-state index in [9.17, 15) is 9.59 Å². The van der Waals surface area contributed by atoms with E-state index in [0.717, 1.165) is 18.8 Å². The molecule has 1 fully saturated rings. The van der Waals surface area contributed by atoms with Gasteiger partial charge in [-0.25, -0.2) is 0 Å². The highest BCUT2D eigenvalue weighted by molar-refractivity contribution is 5.95. The third-order valence-corrected chi connectivity index (χ3v) is 5.02. The van der Waals surface area contributed by atoms with Crippen LogP contribution in [0.15, 0.2) is 48.5 Å². The molecule has 2 amide bonds. The van der Waals surface area contributed by atoms with Crippen molar-refractivity contribution in [3.05, 3.63) is 48.5 Å². The summed E-state index contributed by atoms with van der Waals surface area (Å²) in [5.74, 6) is 0.391. The summed E-state index contributed by atoms with van der Waals surface area (Å²) in [5, 5.41) is 2.92. The van der Waals surface area contributed by atoms with Gasteiger partial charge in [0.2, 0.25) is 11.8 Å². The lowest BCUT2D eigenvalue weighted by Gasteiger charge is -2.23. The average molecular weight is 396 g/mol. The molecule has 1 aliphatic rings. The maximum atomic E-state index is 12.4. The van der Waals surface area contributed by atoms with E-state index in [1.54, 1.807) is 4.90 Å². The fourth-order valence-corrected chi connectivity index (χ4v) is 3.57. The van der Waals surface area contributed by atoms with Crippen LogP contribution < -0.4 is 19.9 Å². The molecule has 0 bridgehead atoms. The molecule has 2 aromatic rings. The second kappa shape index (κ2) is 9.96. The van der Waals surface area contributed by atoms with Crippen molar-refractivity contribution in [1.82, 2.24) is 0 Å². The van der Waals surface area contributed by atoms with Crippen molar-refractivity contribution in [2.75, 3.05) is 41.4 Å². The predicted molar refractivity (Wildman–Crippen MR) is 117 cm³/mol. The van der Waals surface area contributed by atoms with Gasteiger partial charge < -0.3 is 19.9 Å². The second-order valence-electron chi connectivity index (χ2n) is 7.11. The van der Waals surface area contributed by atoms with Crippen molar-refractivity contribution in [2.45, 2.75) is 33.1 Å². The van der Waals surface area contributed by atoms with Gasteiger partial charge >= 0.3 is 0 Å². The van der Waals surface area contributed by atoms with E-state index in [1.165, 1.54) is 25.5 Å². The summed E-state index contributed by atoms with van der Waals surface area (Å²) >= 11 is 0. The minimum Gasteiger partial charge on any atom is -0.492 e. The first-order valence-electron chi connectivity index (χ1n) is 10.2. The highest BCUT2D eigenvalue weighted by atomic mass is 16.5. The van der Waals surface area contributed by atoms with Crippen molar-refractivity contribution in [3.63, 3.8) is 0 Å². The molecule has 0 atom stereocenters. The quantitative estimate of drug-likeness (QED) is 0.732. The van der Waals surface area contributed by atoms with Crippen LogP contribution in [-0.2, 0) is 9.59 Å². The topological polar surface area (TPSA) is 61.9 Å². The Morgan fingerprint density at radius 1 is 1.07 bits per heavy atom. The van der Waals surface area contributed by atoms with Gasteiger partial charge in [-0.1, -0.05) is 12.1 Å². The van der Waals surface area contributed by atoms with Crippen molar-refractivity contribution in [1.29, 1.82) is 0 Å². The highest BCUT2D eigenvalue weighted by Gasteiger charge is 2.17. The number of nitrogens with one attached hydrogen (secondary N) is 1. The van der Waals surface area contributed by atoms with Gasteiger partial charge in [-0.05, 0) is 56.2 Å². The van der Waals surface area contributed by atoms with Gasteiger partial charge in [0.1, 0.15) is 5.75 Å². The maximum Gasteiger partial charge on any atom is 0.226 e. The number of nitrogens with zero attached hydrogens (tertiary/aromatic N) is 2. The Hall–Kier alpha value is -3.02. The standard InChI is InChI=1S/C23H29N3O3/c1-3-29-22-9-5-4-8-21(22)26(18(2)27)17-14-23(28)24-19-10-12-20(13-11-19)25-15-6-7-16-25/h4-5,8-13H,3,6-7,14-17H2,1-2H3,(H,24,28). The van der Waals surface area contributed by atoms with Crippen LogP contribution in [0.5, 0.6) is 5.75 Å². The van der Waals surface area contributed by atoms with Gasteiger partial charge in [0, 0.05) is 44.4 Å². The largest absolute Gasteiger partial charge is 0.492 e. The fraction of sp³-hybridized carbons (Fsp3) is 0.391. The molecule has 0 radical (unpaired) electrons. The van der Waals surface area contributed by atoms with Gasteiger partial charge in [0.25, 0.3) is 0 Å². The van der Waals surface area contributed by atoms with E-state index in [0.29, 0.717) is 18.0 Å². The molecule has 1 saturated heterocycles. The Morgan fingerprint density at radius 3 is 2.41 bits per heavy atom. The number of hydrogen-bond acceptors (Lipinski definition) is 4. The monoisotopic (exact) mass is 395 g/mol. The van der Waals surface area contributed by atoms with Gasteiger partial charge in [-0.3, -0.25) is 9.59 Å². The molecular formula is C23H29N3O3. The first-order chi connectivity index (χ1) is 14.1. The Bertz CT molecular complexity index is 830. The Morgan fingerprint density at radius 2 is 1.76 bits per heavy atom. The number of hydrogen-bond donors (Lipinski definition) is 1. The van der Waals surface area contributed by atoms with Crippen LogP contribution in [0.3, 0.4) is 0 Å². The molecule has 3 rings (SSSR count). The zero-order valence-corrected chi connectivity index (χ0v) is 17.2. The van der Waals surface area contributed by atoms with E-state index in [1.807, 2.05) is 55.5 Å². The van der Waals surface area contributed by atoms with Crippen LogP contribution in [-0.4, -0.2) is 38.1 Å². The number of carbonyl (C=O) groups is 2. The van der Waals surface area contributed by atoms with E-state index in [4.69, 9.17) is 4.74 Å². The second-order valence-corrected chi connectivity index (χ2v) is 7.11. The average Bonchev–Trinajstić information content (AvgIpc) is 3.25. The van der Waals surface area contributed by atoms with Crippen LogP contribution >= 0.6 is 0 Å². The summed E-state index contributed by atoms with van der Waals surface area (Å²) in [6.45, 7) is 6.38. The molecule has 6 nitrogen and oxygen atoms in total. The molecule has 0 unspecified atom stereocenters. The lowest BCUT2D eigenvalue weighted by molar-refractivity contribution is -0.117. The zero-order valence-electron chi connectivity index (χ0n) is 17.2. The third kappa shape index (κ3) is 5.50. The Balaban J connectivity index is 1.59. The number of para-hydroxylation sites is 2. The molecule has 1 heterocycles. The number of anilines is 3. The van der Waals surface area contributed by atoms with Crippen LogP contribution in [0.2, 0.25) is 0 Å². The maximum absolute atomic E-state index is 12.4. The summed E-state index contributed by atoms with van der Waals surface area (Å²) in [7, 11) is 0. The summed E-state index contributed by atoms with van der Waals surface area (Å²) in [6, 6.07) is 15.3. The molecule has 6 heteroatoms. The normalized spacial score (nSPS) is 13.2. The van der Waals surface area contributed by atoms with Crippen molar-refractivity contribution in [2.24, 2.45) is 0 Å². The smallest absolute Gasteiger partial charge is 0.226 e. The summed E-state index contributed by atoms with van der Waals surface area (Å²) < 4.78 is 5.63. The molecule has 0 aliphatic carbocycles. The lowest BCUT2D eigenvalue weighted by atomic mass is 10.2. The molecule has 154 valence electrons. The van der Waals surface area contributed by atoms with Gasteiger partial charge in [-0.2, -0.15) is 0 Å². The number of rotatable bonds is 8. The molecule has 0 aromatic heterocycles. The van der Waals surface area contributed by atoms with Crippen LogP contribution in [0.1, 0.15) is 33.1 Å². The van der Waals surface area contributed by atoms with E-state index in [-0.39, 0.29) is 24.8 Å². The third-order valence-electron chi connectivity index (χ3n) is 5.02. The highest BCUT2D eigenvalue weighted by Crippen LogP contribution is 2.28.